The highest BCUT2D eigenvalue weighted by Crippen LogP contribution is 2.24. The zero-order chi connectivity index (χ0) is 15.6. The summed E-state index contributed by atoms with van der Waals surface area (Å²) < 4.78 is 9.98. The summed E-state index contributed by atoms with van der Waals surface area (Å²) in [5.41, 5.74) is 0. The molecule has 2 fully saturated rings. The number of amides is 2. The molecule has 21 heavy (non-hydrogen) atoms. The Morgan fingerprint density at radius 3 is 2.67 bits per heavy atom. The molecule has 0 aromatic carbocycles. The highest BCUT2D eigenvalue weighted by atomic mass is 16.5. The molecule has 0 spiro atoms. The van der Waals surface area contributed by atoms with E-state index in [9.17, 15) is 14.4 Å². The van der Waals surface area contributed by atoms with Crippen molar-refractivity contribution < 1.29 is 23.9 Å². The lowest BCUT2D eigenvalue weighted by atomic mass is 10.1. The largest absolute Gasteiger partial charge is 0.467 e. The normalized spacial score (nSPS) is 26.4. The zero-order valence-corrected chi connectivity index (χ0v) is 12.7. The standard InChI is InChI=1S/C14H22N2O5/c1-9(2)16-7-10(6-12(16)17)13(18)15-4-5-21-8-11(15)14(19)20-3/h9-11H,4-8H2,1-3H3. The summed E-state index contributed by atoms with van der Waals surface area (Å²) in [6.07, 6.45) is 0.211. The van der Waals surface area contributed by atoms with Crippen LogP contribution in [0, 0.1) is 5.92 Å². The molecule has 2 unspecified atom stereocenters. The van der Waals surface area contributed by atoms with Crippen molar-refractivity contribution in [1.29, 1.82) is 0 Å². The van der Waals surface area contributed by atoms with Gasteiger partial charge in [-0.1, -0.05) is 0 Å². The van der Waals surface area contributed by atoms with Crippen molar-refractivity contribution in [3.8, 4) is 0 Å². The van der Waals surface area contributed by atoms with Gasteiger partial charge in [-0.25, -0.2) is 4.79 Å². The number of likely N-dealkylation sites (tertiary alicyclic amines) is 1. The molecule has 0 aliphatic carbocycles. The molecule has 2 saturated heterocycles. The number of morpholine rings is 1. The SMILES string of the molecule is COC(=O)C1COCCN1C(=O)C1CC(=O)N(C(C)C)C1. The lowest BCUT2D eigenvalue weighted by Gasteiger charge is -2.35. The second kappa shape index (κ2) is 6.43. The number of nitrogens with zero attached hydrogens (tertiary/aromatic N) is 2. The Bertz CT molecular complexity index is 437. The third-order valence-corrected chi connectivity index (χ3v) is 4.02. The summed E-state index contributed by atoms with van der Waals surface area (Å²) in [4.78, 5) is 39.5. The molecule has 2 atom stereocenters. The number of methoxy groups -OCH3 is 1. The molecule has 2 amide bonds. The van der Waals surface area contributed by atoms with Crippen LogP contribution in [0.5, 0.6) is 0 Å². The van der Waals surface area contributed by atoms with Crippen molar-refractivity contribution in [3.63, 3.8) is 0 Å². The summed E-state index contributed by atoms with van der Waals surface area (Å²) >= 11 is 0. The van der Waals surface area contributed by atoms with Crippen LogP contribution in [0.1, 0.15) is 20.3 Å². The Kier molecular flexibility index (Phi) is 4.82. The van der Waals surface area contributed by atoms with E-state index < -0.39 is 12.0 Å². The second-order valence-corrected chi connectivity index (χ2v) is 5.69. The van der Waals surface area contributed by atoms with E-state index in [1.807, 2.05) is 13.8 Å². The molecule has 0 aromatic heterocycles. The van der Waals surface area contributed by atoms with E-state index in [0.29, 0.717) is 19.7 Å². The van der Waals surface area contributed by atoms with Crippen molar-refractivity contribution in [2.45, 2.75) is 32.4 Å². The van der Waals surface area contributed by atoms with Gasteiger partial charge in [0.15, 0.2) is 6.04 Å². The van der Waals surface area contributed by atoms with Crippen LogP contribution < -0.4 is 0 Å². The fourth-order valence-electron chi connectivity index (χ4n) is 2.83. The van der Waals surface area contributed by atoms with Gasteiger partial charge in [0.05, 0.1) is 26.2 Å². The number of rotatable bonds is 3. The smallest absolute Gasteiger partial charge is 0.331 e. The van der Waals surface area contributed by atoms with Crippen molar-refractivity contribution in [2.24, 2.45) is 5.92 Å². The van der Waals surface area contributed by atoms with Gasteiger partial charge in [-0.2, -0.15) is 0 Å². The molecule has 0 aromatic rings. The zero-order valence-electron chi connectivity index (χ0n) is 12.7. The number of hydrogen-bond acceptors (Lipinski definition) is 5. The average Bonchev–Trinajstić information content (AvgIpc) is 2.88. The van der Waals surface area contributed by atoms with E-state index in [2.05, 4.69) is 0 Å². The van der Waals surface area contributed by atoms with E-state index in [4.69, 9.17) is 9.47 Å². The number of carbonyl (C=O) groups is 3. The van der Waals surface area contributed by atoms with E-state index in [1.165, 1.54) is 12.0 Å². The van der Waals surface area contributed by atoms with Crippen LogP contribution >= 0.6 is 0 Å². The summed E-state index contributed by atoms with van der Waals surface area (Å²) in [5, 5.41) is 0. The molecule has 118 valence electrons. The summed E-state index contributed by atoms with van der Waals surface area (Å²) in [6.45, 7) is 5.17. The van der Waals surface area contributed by atoms with Crippen LogP contribution in [0.4, 0.5) is 0 Å². The van der Waals surface area contributed by atoms with Gasteiger partial charge in [0.2, 0.25) is 11.8 Å². The minimum absolute atomic E-state index is 0.00812. The van der Waals surface area contributed by atoms with Gasteiger partial charge in [-0.05, 0) is 13.8 Å². The average molecular weight is 298 g/mol. The fourth-order valence-corrected chi connectivity index (χ4v) is 2.83. The lowest BCUT2D eigenvalue weighted by Crippen LogP contribution is -2.54. The molecular weight excluding hydrogens is 276 g/mol. The number of hydrogen-bond donors (Lipinski definition) is 0. The van der Waals surface area contributed by atoms with Crippen LogP contribution in [-0.2, 0) is 23.9 Å². The molecule has 0 saturated carbocycles. The topological polar surface area (TPSA) is 76.1 Å². The lowest BCUT2D eigenvalue weighted by molar-refractivity contribution is -0.162. The van der Waals surface area contributed by atoms with E-state index >= 15 is 0 Å². The van der Waals surface area contributed by atoms with Crippen LogP contribution in [-0.4, -0.2) is 73.1 Å². The maximum Gasteiger partial charge on any atom is 0.331 e. The molecule has 2 rings (SSSR count). The van der Waals surface area contributed by atoms with E-state index in [1.54, 1.807) is 4.90 Å². The molecular formula is C14H22N2O5. The van der Waals surface area contributed by atoms with Gasteiger partial charge >= 0.3 is 5.97 Å². The molecule has 2 aliphatic rings. The number of ether oxygens (including phenoxy) is 2. The second-order valence-electron chi connectivity index (χ2n) is 5.69. The molecule has 2 aliphatic heterocycles. The predicted octanol–water partition coefficient (Wildman–Crippen LogP) is -0.356. The first-order valence-electron chi connectivity index (χ1n) is 7.21. The fraction of sp³-hybridized carbons (Fsp3) is 0.786. The third kappa shape index (κ3) is 3.18. The van der Waals surface area contributed by atoms with Crippen molar-refractivity contribution in [1.82, 2.24) is 9.80 Å². The van der Waals surface area contributed by atoms with Gasteiger partial charge in [0.25, 0.3) is 0 Å². The van der Waals surface area contributed by atoms with Gasteiger partial charge in [0.1, 0.15) is 0 Å². The minimum atomic E-state index is -0.709. The first kappa shape index (κ1) is 15.8. The maximum atomic E-state index is 12.6. The third-order valence-electron chi connectivity index (χ3n) is 4.02. The predicted molar refractivity (Wildman–Crippen MR) is 73.3 cm³/mol. The van der Waals surface area contributed by atoms with Crippen molar-refractivity contribution >= 4 is 17.8 Å². The maximum absolute atomic E-state index is 12.6. The van der Waals surface area contributed by atoms with Crippen molar-refractivity contribution in [3.05, 3.63) is 0 Å². The van der Waals surface area contributed by atoms with Crippen LogP contribution in [0.15, 0.2) is 0 Å². The highest BCUT2D eigenvalue weighted by Gasteiger charge is 2.41. The molecule has 0 N–H and O–H groups in total. The first-order chi connectivity index (χ1) is 9.95. The number of esters is 1. The molecule has 0 bridgehead atoms. The van der Waals surface area contributed by atoms with Crippen LogP contribution in [0.2, 0.25) is 0 Å². The highest BCUT2D eigenvalue weighted by molar-refractivity contribution is 5.91. The Balaban J connectivity index is 2.08. The van der Waals surface area contributed by atoms with Gasteiger partial charge in [-0.15, -0.1) is 0 Å². The Labute approximate surface area is 124 Å². The monoisotopic (exact) mass is 298 g/mol. The molecule has 0 radical (unpaired) electrons. The van der Waals surface area contributed by atoms with Crippen LogP contribution in [0.3, 0.4) is 0 Å². The summed E-state index contributed by atoms with van der Waals surface area (Å²) in [5.74, 6) is -1.03. The van der Waals surface area contributed by atoms with Gasteiger partial charge < -0.3 is 19.3 Å². The molecule has 7 nitrogen and oxygen atoms in total. The van der Waals surface area contributed by atoms with E-state index in [0.717, 1.165) is 0 Å². The van der Waals surface area contributed by atoms with Gasteiger partial charge in [0, 0.05) is 25.6 Å². The number of carbonyl (C=O) groups excluding carboxylic acids is 3. The molecule has 7 heteroatoms. The first-order valence-corrected chi connectivity index (χ1v) is 7.21. The summed E-state index contributed by atoms with van der Waals surface area (Å²) in [6, 6.07) is -0.629. The summed E-state index contributed by atoms with van der Waals surface area (Å²) in [7, 11) is 1.29. The Morgan fingerprint density at radius 2 is 2.10 bits per heavy atom. The van der Waals surface area contributed by atoms with Crippen molar-refractivity contribution in [2.75, 3.05) is 33.4 Å². The van der Waals surface area contributed by atoms with E-state index in [-0.39, 0.29) is 36.8 Å². The minimum Gasteiger partial charge on any atom is -0.467 e. The molecule has 2 heterocycles. The van der Waals surface area contributed by atoms with Crippen LogP contribution in [0.25, 0.3) is 0 Å². The Morgan fingerprint density at radius 1 is 1.38 bits per heavy atom. The quantitative estimate of drug-likeness (QED) is 0.665. The van der Waals surface area contributed by atoms with Gasteiger partial charge in [-0.3, -0.25) is 9.59 Å². The Hall–Kier alpha value is -1.63.